The third-order valence-electron chi connectivity index (χ3n) is 5.61. The fourth-order valence-electron chi connectivity index (χ4n) is 4.14. The molecule has 7 nitrogen and oxygen atoms in total. The molecule has 0 radical (unpaired) electrons. The van der Waals surface area contributed by atoms with Crippen molar-refractivity contribution in [2.75, 3.05) is 13.2 Å². The molecule has 0 saturated carbocycles. The number of hydrogen-bond donors (Lipinski definition) is 2. The van der Waals surface area contributed by atoms with E-state index in [2.05, 4.69) is 5.32 Å². The fraction of sp³-hybridized carbons (Fsp3) is 0.348. The highest BCUT2D eigenvalue weighted by atomic mass is 16.5. The van der Waals surface area contributed by atoms with E-state index in [0.717, 1.165) is 11.1 Å². The lowest BCUT2D eigenvalue weighted by Crippen LogP contribution is -2.53. The van der Waals surface area contributed by atoms with E-state index in [-0.39, 0.29) is 48.9 Å². The second kappa shape index (κ2) is 8.67. The lowest BCUT2D eigenvalue weighted by molar-refractivity contribution is -0.139. The highest BCUT2D eigenvalue weighted by Gasteiger charge is 2.48. The van der Waals surface area contributed by atoms with E-state index in [4.69, 9.17) is 4.74 Å². The van der Waals surface area contributed by atoms with E-state index in [1.807, 2.05) is 30.3 Å². The first-order valence-corrected chi connectivity index (χ1v) is 10.1. The number of nitrogens with zero attached hydrogens (tertiary/aromatic N) is 1. The predicted molar refractivity (Wildman–Crippen MR) is 109 cm³/mol. The van der Waals surface area contributed by atoms with Gasteiger partial charge in [0.05, 0.1) is 12.5 Å². The molecule has 2 aliphatic rings. The van der Waals surface area contributed by atoms with E-state index in [0.29, 0.717) is 13.0 Å². The van der Waals surface area contributed by atoms with E-state index in [1.165, 1.54) is 0 Å². The van der Waals surface area contributed by atoms with Crippen LogP contribution in [0.5, 0.6) is 5.75 Å². The molecule has 2 saturated heterocycles. The van der Waals surface area contributed by atoms with Gasteiger partial charge in [0, 0.05) is 13.0 Å². The van der Waals surface area contributed by atoms with Crippen LogP contribution in [0.1, 0.15) is 17.5 Å². The monoisotopic (exact) mass is 408 g/mol. The van der Waals surface area contributed by atoms with Crippen molar-refractivity contribution in [3.8, 4) is 5.75 Å². The molecule has 2 aliphatic heterocycles. The molecule has 0 aliphatic carbocycles. The first kappa shape index (κ1) is 20.1. The lowest BCUT2D eigenvalue weighted by Gasteiger charge is -2.27. The Hall–Kier alpha value is -3.19. The maximum atomic E-state index is 13.3. The number of hydrogen-bond acceptors (Lipinski definition) is 5. The molecular formula is C23H24N2O5. The third kappa shape index (κ3) is 4.36. The van der Waals surface area contributed by atoms with Crippen molar-refractivity contribution in [3.63, 3.8) is 0 Å². The minimum atomic E-state index is -0.807. The molecule has 2 N–H and O–H groups in total. The van der Waals surface area contributed by atoms with Crippen molar-refractivity contribution >= 4 is 17.6 Å². The molecule has 2 fully saturated rings. The Bertz CT molecular complexity index is 928. The second-order valence-electron chi connectivity index (χ2n) is 7.73. The molecule has 30 heavy (non-hydrogen) atoms. The van der Waals surface area contributed by atoms with Crippen LogP contribution in [0.25, 0.3) is 0 Å². The molecular weight excluding hydrogens is 384 g/mol. The van der Waals surface area contributed by atoms with Crippen LogP contribution in [0.2, 0.25) is 0 Å². The largest absolute Gasteiger partial charge is 0.508 e. The van der Waals surface area contributed by atoms with Gasteiger partial charge < -0.3 is 20.1 Å². The van der Waals surface area contributed by atoms with Crippen molar-refractivity contribution < 1.29 is 24.2 Å². The normalized spacial score (nSPS) is 21.3. The minimum Gasteiger partial charge on any atom is -0.508 e. The van der Waals surface area contributed by atoms with Gasteiger partial charge in [-0.05, 0) is 29.7 Å². The standard InChI is InChI=1S/C23H24N2O5/c26-17-8-6-16(7-9-17)12-18(24-21(28)13-15-4-2-1-3-5-15)23(29)25-11-10-20-22(25)19(27)14-30-20/h1-9,18,20,22,26H,10-14H2,(H,24,28)/t18-,20?,22?/m0/s1. The van der Waals surface area contributed by atoms with Gasteiger partial charge in [0.1, 0.15) is 24.4 Å². The van der Waals surface area contributed by atoms with Crippen molar-refractivity contribution in [2.45, 2.75) is 37.5 Å². The summed E-state index contributed by atoms with van der Waals surface area (Å²) in [4.78, 5) is 39.8. The molecule has 156 valence electrons. The van der Waals surface area contributed by atoms with Gasteiger partial charge in [0.25, 0.3) is 0 Å². The topological polar surface area (TPSA) is 95.9 Å². The van der Waals surface area contributed by atoms with Crippen LogP contribution < -0.4 is 5.32 Å². The SMILES string of the molecule is O=C(Cc1ccccc1)N[C@@H](Cc1ccc(O)cc1)C(=O)N1CCC2OCC(=O)C21. The van der Waals surface area contributed by atoms with Gasteiger partial charge in [-0.1, -0.05) is 42.5 Å². The van der Waals surface area contributed by atoms with Crippen LogP contribution in [0, 0.1) is 0 Å². The van der Waals surface area contributed by atoms with Crippen molar-refractivity contribution in [2.24, 2.45) is 0 Å². The van der Waals surface area contributed by atoms with Crippen LogP contribution in [0.3, 0.4) is 0 Å². The molecule has 3 atom stereocenters. The second-order valence-corrected chi connectivity index (χ2v) is 7.73. The number of aromatic hydroxyl groups is 1. The summed E-state index contributed by atoms with van der Waals surface area (Å²) in [6.07, 6.45) is 0.791. The number of carbonyl (C=O) groups excluding carboxylic acids is 3. The summed E-state index contributed by atoms with van der Waals surface area (Å²) < 4.78 is 5.48. The Morgan fingerprint density at radius 2 is 1.83 bits per heavy atom. The Labute approximate surface area is 174 Å². The zero-order valence-electron chi connectivity index (χ0n) is 16.5. The highest BCUT2D eigenvalue weighted by molar-refractivity contribution is 5.95. The third-order valence-corrected chi connectivity index (χ3v) is 5.61. The van der Waals surface area contributed by atoms with E-state index < -0.39 is 12.1 Å². The number of ether oxygens (including phenoxy) is 1. The van der Waals surface area contributed by atoms with Crippen molar-refractivity contribution in [1.82, 2.24) is 10.2 Å². The van der Waals surface area contributed by atoms with Gasteiger partial charge >= 0.3 is 0 Å². The Kier molecular flexibility index (Phi) is 5.81. The summed E-state index contributed by atoms with van der Waals surface area (Å²) in [7, 11) is 0. The van der Waals surface area contributed by atoms with Crippen LogP contribution in [-0.4, -0.2) is 58.9 Å². The maximum Gasteiger partial charge on any atom is 0.246 e. The Morgan fingerprint density at radius 1 is 1.10 bits per heavy atom. The number of phenols is 1. The molecule has 4 rings (SSSR count). The van der Waals surface area contributed by atoms with Gasteiger partial charge in [0.2, 0.25) is 11.8 Å². The number of fused-ring (bicyclic) bond motifs is 1. The first-order chi connectivity index (χ1) is 14.5. The number of ketones is 1. The highest BCUT2D eigenvalue weighted by Crippen LogP contribution is 2.28. The summed E-state index contributed by atoms with van der Waals surface area (Å²) in [6.45, 7) is 0.461. The summed E-state index contributed by atoms with van der Waals surface area (Å²) in [5.41, 5.74) is 1.65. The zero-order valence-corrected chi connectivity index (χ0v) is 16.5. The summed E-state index contributed by atoms with van der Waals surface area (Å²) in [6, 6.07) is 14.5. The van der Waals surface area contributed by atoms with Crippen molar-refractivity contribution in [3.05, 3.63) is 65.7 Å². The minimum absolute atomic E-state index is 0.0299. The quantitative estimate of drug-likeness (QED) is 0.750. The molecule has 0 aromatic heterocycles. The molecule has 2 aromatic rings. The molecule has 2 aromatic carbocycles. The molecule has 7 heteroatoms. The molecule has 0 spiro atoms. The molecule has 2 heterocycles. The number of benzene rings is 2. The van der Waals surface area contributed by atoms with Gasteiger partial charge in [0.15, 0.2) is 5.78 Å². The summed E-state index contributed by atoms with van der Waals surface area (Å²) in [5.74, 6) is -0.505. The number of Topliss-reactive ketones (excluding diaryl/α,β-unsaturated/α-hetero) is 1. The zero-order chi connectivity index (χ0) is 21.1. The van der Waals surface area contributed by atoms with Gasteiger partial charge in [-0.2, -0.15) is 0 Å². The number of carbonyl (C=O) groups is 3. The van der Waals surface area contributed by atoms with Crippen LogP contribution in [-0.2, 0) is 32.0 Å². The predicted octanol–water partition coefficient (Wildman–Crippen LogP) is 1.23. The van der Waals surface area contributed by atoms with E-state index in [1.54, 1.807) is 29.2 Å². The van der Waals surface area contributed by atoms with Crippen molar-refractivity contribution in [1.29, 1.82) is 0 Å². The lowest BCUT2D eigenvalue weighted by atomic mass is 10.0. The number of phenolic OH excluding ortho intramolecular Hbond substituents is 1. The molecule has 0 bridgehead atoms. The number of rotatable bonds is 6. The smallest absolute Gasteiger partial charge is 0.246 e. The first-order valence-electron chi connectivity index (χ1n) is 10.1. The Morgan fingerprint density at radius 3 is 2.57 bits per heavy atom. The van der Waals surface area contributed by atoms with Gasteiger partial charge in [-0.25, -0.2) is 0 Å². The Balaban J connectivity index is 1.51. The average molecular weight is 408 g/mol. The number of nitrogens with one attached hydrogen (secondary N) is 1. The van der Waals surface area contributed by atoms with E-state index >= 15 is 0 Å². The maximum absolute atomic E-state index is 13.3. The van der Waals surface area contributed by atoms with Crippen LogP contribution in [0.4, 0.5) is 0 Å². The number of likely N-dealkylation sites (tertiary alicyclic amines) is 1. The van der Waals surface area contributed by atoms with Gasteiger partial charge in [-0.15, -0.1) is 0 Å². The fourth-order valence-corrected chi connectivity index (χ4v) is 4.14. The molecule has 2 unspecified atom stereocenters. The molecule has 2 amide bonds. The summed E-state index contributed by atoms with van der Waals surface area (Å²) >= 11 is 0. The van der Waals surface area contributed by atoms with Gasteiger partial charge in [-0.3, -0.25) is 14.4 Å². The summed E-state index contributed by atoms with van der Waals surface area (Å²) in [5, 5.41) is 12.4. The average Bonchev–Trinajstić information content (AvgIpc) is 3.32. The number of amides is 2. The van der Waals surface area contributed by atoms with Crippen LogP contribution in [0.15, 0.2) is 54.6 Å². The van der Waals surface area contributed by atoms with Crippen LogP contribution >= 0.6 is 0 Å². The van der Waals surface area contributed by atoms with E-state index in [9.17, 15) is 19.5 Å².